The van der Waals surface area contributed by atoms with E-state index < -0.39 is 11.9 Å². The van der Waals surface area contributed by atoms with Gasteiger partial charge in [-0.3, -0.25) is 4.79 Å². The van der Waals surface area contributed by atoms with Crippen molar-refractivity contribution in [2.45, 2.75) is 0 Å². The lowest BCUT2D eigenvalue weighted by Gasteiger charge is -2.08. The number of amides is 1. The van der Waals surface area contributed by atoms with E-state index in [2.05, 4.69) is 15.6 Å². The Morgan fingerprint density at radius 1 is 1.08 bits per heavy atom. The summed E-state index contributed by atoms with van der Waals surface area (Å²) in [6.45, 7) is 0. The first-order chi connectivity index (χ1) is 11.7. The van der Waals surface area contributed by atoms with Crippen LogP contribution in [-0.4, -0.2) is 34.0 Å². The van der Waals surface area contributed by atoms with Crippen molar-refractivity contribution in [3.8, 4) is 0 Å². The Morgan fingerprint density at radius 3 is 2.54 bits per heavy atom. The summed E-state index contributed by atoms with van der Waals surface area (Å²) in [5.74, 6) is -1.10. The maximum atomic E-state index is 12.3. The first-order valence-corrected chi connectivity index (χ1v) is 7.15. The van der Waals surface area contributed by atoms with Gasteiger partial charge in [0.05, 0.1) is 18.8 Å². The minimum Gasteiger partial charge on any atom is -0.464 e. The van der Waals surface area contributed by atoms with Crippen LogP contribution in [0.15, 0.2) is 60.3 Å². The number of methoxy groups -OCH3 is 1. The average Bonchev–Trinajstić information content (AvgIpc) is 3.04. The van der Waals surface area contributed by atoms with Gasteiger partial charge in [0.2, 0.25) is 0 Å². The van der Waals surface area contributed by atoms with Crippen molar-refractivity contribution in [3.63, 3.8) is 0 Å². The molecule has 1 amide bonds. The van der Waals surface area contributed by atoms with Gasteiger partial charge in [0.15, 0.2) is 0 Å². The van der Waals surface area contributed by atoms with Crippen molar-refractivity contribution < 1.29 is 14.3 Å². The van der Waals surface area contributed by atoms with E-state index in [0.29, 0.717) is 16.6 Å². The molecule has 3 rings (SSSR count). The predicted molar refractivity (Wildman–Crippen MR) is 87.7 cm³/mol. The van der Waals surface area contributed by atoms with Gasteiger partial charge in [0.25, 0.3) is 5.91 Å². The monoisotopic (exact) mass is 322 g/mol. The molecule has 2 aromatic carbocycles. The number of ether oxygens (including phenoxy) is 1. The van der Waals surface area contributed by atoms with Crippen LogP contribution in [0, 0.1) is 0 Å². The zero-order valence-corrected chi connectivity index (χ0v) is 12.8. The number of carbonyl (C=O) groups excluding carboxylic acids is 2. The molecule has 7 nitrogen and oxygen atoms in total. The summed E-state index contributed by atoms with van der Waals surface area (Å²) in [7, 11) is 1.24. The van der Waals surface area contributed by atoms with Gasteiger partial charge in [-0.05, 0) is 24.3 Å². The van der Waals surface area contributed by atoms with Crippen LogP contribution in [0.3, 0.4) is 0 Å². The van der Waals surface area contributed by atoms with Crippen LogP contribution in [0.2, 0.25) is 0 Å². The van der Waals surface area contributed by atoms with Crippen molar-refractivity contribution >= 4 is 29.1 Å². The first kappa shape index (κ1) is 15.4. The minimum absolute atomic E-state index is 0.0398. The second-order valence-electron chi connectivity index (χ2n) is 4.88. The Hall–Kier alpha value is -3.48. The fourth-order valence-electron chi connectivity index (χ4n) is 2.13. The summed E-state index contributed by atoms with van der Waals surface area (Å²) >= 11 is 0. The molecule has 0 spiro atoms. The lowest BCUT2D eigenvalue weighted by atomic mass is 10.2. The fraction of sp³-hybridized carbons (Fsp3) is 0.0588. The Balaban J connectivity index is 1.95. The van der Waals surface area contributed by atoms with Crippen molar-refractivity contribution in [2.24, 2.45) is 0 Å². The number of esters is 1. The molecule has 0 bridgehead atoms. The number of para-hydroxylation sites is 1. The average molecular weight is 322 g/mol. The van der Waals surface area contributed by atoms with E-state index in [4.69, 9.17) is 4.74 Å². The molecule has 1 heterocycles. The Bertz CT molecular complexity index is 916. The van der Waals surface area contributed by atoms with Crippen molar-refractivity contribution in [1.82, 2.24) is 20.3 Å². The van der Waals surface area contributed by atoms with Crippen LogP contribution in [0.5, 0.6) is 0 Å². The maximum absolute atomic E-state index is 12.3. The molecular formula is C17H14N4O3. The number of benzene rings is 2. The molecule has 3 aromatic rings. The zero-order chi connectivity index (χ0) is 16.9. The highest BCUT2D eigenvalue weighted by molar-refractivity contribution is 6.02. The molecule has 120 valence electrons. The summed E-state index contributed by atoms with van der Waals surface area (Å²) in [4.78, 5) is 24.2. The molecule has 0 fully saturated rings. The van der Waals surface area contributed by atoms with Gasteiger partial charge in [-0.1, -0.05) is 35.5 Å². The number of fused-ring (bicyclic) bond motifs is 1. The second-order valence-corrected chi connectivity index (χ2v) is 4.88. The molecule has 1 aromatic heterocycles. The maximum Gasteiger partial charge on any atom is 0.356 e. The summed E-state index contributed by atoms with van der Waals surface area (Å²) in [6, 6.07) is 15.8. The summed E-state index contributed by atoms with van der Waals surface area (Å²) in [5, 5.41) is 10.5. The van der Waals surface area contributed by atoms with E-state index in [-0.39, 0.29) is 5.70 Å². The highest BCUT2D eigenvalue weighted by Gasteiger charge is 2.16. The number of aromatic nitrogens is 3. The van der Waals surface area contributed by atoms with E-state index in [9.17, 15) is 9.59 Å². The van der Waals surface area contributed by atoms with Crippen LogP contribution in [0.1, 0.15) is 10.4 Å². The molecule has 0 atom stereocenters. The number of carbonyl (C=O) groups is 2. The van der Waals surface area contributed by atoms with Gasteiger partial charge in [-0.25, -0.2) is 9.48 Å². The zero-order valence-electron chi connectivity index (χ0n) is 12.8. The smallest absolute Gasteiger partial charge is 0.356 e. The quantitative estimate of drug-likeness (QED) is 0.585. The highest BCUT2D eigenvalue weighted by Crippen LogP contribution is 2.11. The van der Waals surface area contributed by atoms with Crippen LogP contribution in [0.4, 0.5) is 0 Å². The second kappa shape index (κ2) is 6.74. The van der Waals surface area contributed by atoms with Gasteiger partial charge in [-0.2, -0.15) is 0 Å². The molecule has 0 aliphatic carbocycles. The first-order valence-electron chi connectivity index (χ1n) is 7.15. The number of hydrogen-bond acceptors (Lipinski definition) is 5. The highest BCUT2D eigenvalue weighted by atomic mass is 16.5. The topological polar surface area (TPSA) is 86.1 Å². The number of nitrogens with zero attached hydrogens (tertiary/aromatic N) is 3. The summed E-state index contributed by atoms with van der Waals surface area (Å²) in [5.41, 5.74) is 1.76. The molecule has 0 unspecified atom stereocenters. The molecule has 7 heteroatoms. The van der Waals surface area contributed by atoms with Gasteiger partial charge < -0.3 is 10.1 Å². The minimum atomic E-state index is -0.682. The summed E-state index contributed by atoms with van der Waals surface area (Å²) in [6.07, 6.45) is 1.38. The Labute approximate surface area is 137 Å². The van der Waals surface area contributed by atoms with Crippen LogP contribution in [0.25, 0.3) is 17.2 Å². The van der Waals surface area contributed by atoms with E-state index in [0.717, 1.165) is 0 Å². The van der Waals surface area contributed by atoms with Gasteiger partial charge in [0.1, 0.15) is 11.2 Å². The third-order valence-electron chi connectivity index (χ3n) is 3.32. The molecule has 0 saturated carbocycles. The normalized spacial score (nSPS) is 11.3. The Kier molecular flexibility index (Phi) is 4.33. The van der Waals surface area contributed by atoms with Crippen LogP contribution < -0.4 is 5.32 Å². The van der Waals surface area contributed by atoms with Gasteiger partial charge in [0, 0.05) is 5.56 Å². The molecule has 0 saturated heterocycles. The van der Waals surface area contributed by atoms with Gasteiger partial charge in [-0.15, -0.1) is 5.10 Å². The Morgan fingerprint density at radius 2 is 1.79 bits per heavy atom. The lowest BCUT2D eigenvalue weighted by Crippen LogP contribution is -2.28. The lowest BCUT2D eigenvalue weighted by molar-refractivity contribution is -0.136. The molecular weight excluding hydrogens is 308 g/mol. The van der Waals surface area contributed by atoms with E-state index in [1.54, 1.807) is 42.5 Å². The van der Waals surface area contributed by atoms with E-state index in [1.165, 1.54) is 18.0 Å². The third-order valence-corrected chi connectivity index (χ3v) is 3.32. The van der Waals surface area contributed by atoms with Crippen molar-refractivity contribution in [1.29, 1.82) is 0 Å². The summed E-state index contributed by atoms with van der Waals surface area (Å²) < 4.78 is 6.14. The van der Waals surface area contributed by atoms with Crippen molar-refractivity contribution in [3.05, 3.63) is 65.9 Å². The molecule has 24 heavy (non-hydrogen) atoms. The van der Waals surface area contributed by atoms with Crippen LogP contribution in [-0.2, 0) is 9.53 Å². The standard InChI is InChI=1S/C17H14N4O3/c1-24-17(23)14(18-16(22)12-7-3-2-4-8-12)11-21-15-10-6-5-9-13(15)19-20-21/h2-11H,1H3,(H,18,22). The molecule has 0 aliphatic rings. The number of nitrogens with one attached hydrogen (secondary N) is 1. The third kappa shape index (κ3) is 3.14. The number of hydrogen-bond donors (Lipinski definition) is 1. The molecule has 0 radical (unpaired) electrons. The predicted octanol–water partition coefficient (Wildman–Crippen LogP) is 1.83. The molecule has 0 aliphatic heterocycles. The van der Waals surface area contributed by atoms with Gasteiger partial charge >= 0.3 is 5.97 Å². The fourth-order valence-corrected chi connectivity index (χ4v) is 2.13. The largest absolute Gasteiger partial charge is 0.464 e. The number of rotatable bonds is 4. The van der Waals surface area contributed by atoms with Crippen LogP contribution >= 0.6 is 0 Å². The van der Waals surface area contributed by atoms with E-state index >= 15 is 0 Å². The van der Waals surface area contributed by atoms with Crippen molar-refractivity contribution in [2.75, 3.05) is 7.11 Å². The van der Waals surface area contributed by atoms with E-state index in [1.807, 2.05) is 12.1 Å². The molecule has 1 N–H and O–H groups in total. The SMILES string of the molecule is COC(=O)C(=Cn1nnc2ccccc21)NC(=O)c1ccccc1.